The minimum Gasteiger partial charge on any atom is -0.355 e. The van der Waals surface area contributed by atoms with Crippen molar-refractivity contribution in [3.63, 3.8) is 0 Å². The molecule has 1 atom stereocenters. The van der Waals surface area contributed by atoms with E-state index in [0.717, 1.165) is 31.6 Å². The van der Waals surface area contributed by atoms with E-state index >= 15 is 0 Å². The first-order valence-corrected chi connectivity index (χ1v) is 10.7. The van der Waals surface area contributed by atoms with E-state index in [9.17, 15) is 18.0 Å². The van der Waals surface area contributed by atoms with Gasteiger partial charge in [-0.25, -0.2) is 4.98 Å². The van der Waals surface area contributed by atoms with Crippen molar-refractivity contribution >= 4 is 23.3 Å². The fraction of sp³-hybridized carbons (Fsp3) is 0.700. The zero-order valence-electron chi connectivity index (χ0n) is 16.5. The van der Waals surface area contributed by atoms with Gasteiger partial charge in [0.25, 0.3) is 0 Å². The van der Waals surface area contributed by atoms with Crippen LogP contribution in [0.25, 0.3) is 0 Å². The minimum atomic E-state index is -4.48. The van der Waals surface area contributed by atoms with E-state index in [1.54, 1.807) is 0 Å². The number of carbonyl (C=O) groups is 1. The molecule has 0 aliphatic carbocycles. The van der Waals surface area contributed by atoms with E-state index in [0.29, 0.717) is 51.5 Å². The highest BCUT2D eigenvalue weighted by molar-refractivity contribution is 6.33. The van der Waals surface area contributed by atoms with Crippen LogP contribution in [-0.2, 0) is 20.4 Å². The predicted octanol–water partition coefficient (Wildman–Crippen LogP) is 3.58. The first-order valence-electron chi connectivity index (χ1n) is 10.3. The van der Waals surface area contributed by atoms with Gasteiger partial charge in [-0.1, -0.05) is 11.6 Å². The molecule has 1 aromatic rings. The van der Waals surface area contributed by atoms with Gasteiger partial charge in [0.2, 0.25) is 5.91 Å². The van der Waals surface area contributed by atoms with Crippen molar-refractivity contribution in [3.8, 4) is 0 Å². The van der Waals surface area contributed by atoms with Gasteiger partial charge in [-0.2, -0.15) is 13.2 Å². The summed E-state index contributed by atoms with van der Waals surface area (Å²) in [5, 5.41) is -0.0231. The molecular weight excluding hydrogens is 423 g/mol. The Balaban J connectivity index is 1.33. The summed E-state index contributed by atoms with van der Waals surface area (Å²) in [6, 6.07) is 0.905. The fourth-order valence-corrected chi connectivity index (χ4v) is 4.78. The third kappa shape index (κ3) is 4.68. The number of hydrogen-bond acceptors (Lipinski definition) is 5. The smallest absolute Gasteiger partial charge is 0.355 e. The number of rotatable bonds is 3. The van der Waals surface area contributed by atoms with Crippen molar-refractivity contribution in [1.82, 2.24) is 9.88 Å². The van der Waals surface area contributed by atoms with Gasteiger partial charge in [0.15, 0.2) is 6.29 Å². The van der Waals surface area contributed by atoms with Crippen LogP contribution in [0.4, 0.5) is 19.0 Å². The van der Waals surface area contributed by atoms with E-state index < -0.39 is 11.7 Å². The highest BCUT2D eigenvalue weighted by Crippen LogP contribution is 2.35. The van der Waals surface area contributed by atoms with Gasteiger partial charge in [0.05, 0.1) is 23.8 Å². The molecule has 4 heterocycles. The van der Waals surface area contributed by atoms with Crippen LogP contribution in [0.3, 0.4) is 0 Å². The maximum absolute atomic E-state index is 13.0. The quantitative estimate of drug-likeness (QED) is 0.709. The summed E-state index contributed by atoms with van der Waals surface area (Å²) in [4.78, 5) is 20.7. The number of halogens is 4. The van der Waals surface area contributed by atoms with Crippen molar-refractivity contribution < 1.29 is 27.4 Å². The van der Waals surface area contributed by atoms with Gasteiger partial charge < -0.3 is 19.3 Å². The zero-order chi connectivity index (χ0) is 21.3. The van der Waals surface area contributed by atoms with Crippen LogP contribution in [0.2, 0.25) is 5.02 Å². The number of amides is 1. The number of aromatic nitrogens is 1. The van der Waals surface area contributed by atoms with E-state index in [2.05, 4.69) is 4.98 Å². The number of ether oxygens (including phenoxy) is 2. The first-order chi connectivity index (χ1) is 14.3. The second-order valence-corrected chi connectivity index (χ2v) is 8.49. The van der Waals surface area contributed by atoms with Crippen molar-refractivity contribution in [3.05, 3.63) is 22.8 Å². The normalized spacial score (nSPS) is 24.5. The molecule has 1 amide bonds. The zero-order valence-corrected chi connectivity index (χ0v) is 17.3. The highest BCUT2D eigenvalue weighted by atomic mass is 35.5. The number of carbonyl (C=O) groups excluding carboxylic acids is 1. The Bertz CT molecular complexity index is 765. The lowest BCUT2D eigenvalue weighted by Gasteiger charge is -2.39. The van der Waals surface area contributed by atoms with Crippen LogP contribution in [0.1, 0.15) is 31.2 Å². The molecule has 166 valence electrons. The standard InChI is InChI=1S/C20H25ClF3N3O3/c21-16-10-15(20(22,23)24)11-25-17(16)26-6-3-13(4-7-26)18(28)27-5-1-2-14(12-27)19-29-8-9-30-19/h10-11,13-14,19H,1-9,12H2. The minimum absolute atomic E-state index is 0.0231. The SMILES string of the molecule is O=C(C1CCN(c2ncc(C(F)(F)F)cc2Cl)CC1)N1CCCC(C2OCCO2)C1. The molecule has 3 aliphatic rings. The number of alkyl halides is 3. The topological polar surface area (TPSA) is 54.9 Å². The van der Waals surface area contributed by atoms with Crippen molar-refractivity contribution in [1.29, 1.82) is 0 Å². The van der Waals surface area contributed by atoms with Gasteiger partial charge in [-0.3, -0.25) is 4.79 Å². The molecule has 0 spiro atoms. The summed E-state index contributed by atoms with van der Waals surface area (Å²) in [5.74, 6) is 0.590. The summed E-state index contributed by atoms with van der Waals surface area (Å²) in [5.41, 5.74) is -0.865. The number of pyridine rings is 1. The van der Waals surface area contributed by atoms with E-state index in [-0.39, 0.29) is 29.1 Å². The summed E-state index contributed by atoms with van der Waals surface area (Å²) in [6.07, 6.45) is -0.718. The second-order valence-electron chi connectivity index (χ2n) is 8.09. The molecule has 0 aromatic carbocycles. The Labute approximate surface area is 178 Å². The van der Waals surface area contributed by atoms with Crippen LogP contribution >= 0.6 is 11.6 Å². The summed E-state index contributed by atoms with van der Waals surface area (Å²) in [7, 11) is 0. The van der Waals surface area contributed by atoms with Crippen LogP contribution < -0.4 is 4.90 Å². The Morgan fingerprint density at radius 2 is 1.83 bits per heavy atom. The molecule has 0 N–H and O–H groups in total. The number of piperidine rings is 2. The maximum atomic E-state index is 13.0. The Hall–Kier alpha value is -1.58. The summed E-state index contributed by atoms with van der Waals surface area (Å²) in [6.45, 7) is 3.66. The molecule has 4 rings (SSSR count). The number of likely N-dealkylation sites (tertiary alicyclic amines) is 1. The maximum Gasteiger partial charge on any atom is 0.417 e. The predicted molar refractivity (Wildman–Crippen MR) is 104 cm³/mol. The van der Waals surface area contributed by atoms with Crippen LogP contribution in [0, 0.1) is 11.8 Å². The lowest BCUT2D eigenvalue weighted by molar-refractivity contribution is -0.144. The van der Waals surface area contributed by atoms with Crippen LogP contribution in [0.5, 0.6) is 0 Å². The first kappa shape index (κ1) is 21.6. The molecular formula is C20H25ClF3N3O3. The van der Waals surface area contributed by atoms with Crippen molar-refractivity contribution in [2.24, 2.45) is 11.8 Å². The summed E-state index contributed by atoms with van der Waals surface area (Å²) >= 11 is 6.06. The Morgan fingerprint density at radius 1 is 1.13 bits per heavy atom. The molecule has 0 radical (unpaired) electrons. The number of anilines is 1. The van der Waals surface area contributed by atoms with Gasteiger partial charge in [0, 0.05) is 44.2 Å². The molecule has 0 saturated carbocycles. The van der Waals surface area contributed by atoms with Crippen molar-refractivity contribution in [2.45, 2.75) is 38.1 Å². The monoisotopic (exact) mass is 447 g/mol. The molecule has 1 aromatic heterocycles. The van der Waals surface area contributed by atoms with Crippen LogP contribution in [0.15, 0.2) is 12.3 Å². The molecule has 3 aliphatic heterocycles. The van der Waals surface area contributed by atoms with Crippen molar-refractivity contribution in [2.75, 3.05) is 44.3 Å². The lowest BCUT2D eigenvalue weighted by Crippen LogP contribution is -2.48. The summed E-state index contributed by atoms with van der Waals surface area (Å²) < 4.78 is 49.7. The molecule has 10 heteroatoms. The second kappa shape index (κ2) is 8.88. The van der Waals surface area contributed by atoms with Crippen LogP contribution in [-0.4, -0.2) is 61.5 Å². The van der Waals surface area contributed by atoms with E-state index in [1.165, 1.54) is 0 Å². The fourth-order valence-electron chi connectivity index (χ4n) is 4.50. The molecule has 0 bridgehead atoms. The van der Waals surface area contributed by atoms with E-state index in [1.807, 2.05) is 9.80 Å². The highest BCUT2D eigenvalue weighted by Gasteiger charge is 2.36. The molecule has 30 heavy (non-hydrogen) atoms. The third-order valence-electron chi connectivity index (χ3n) is 6.09. The van der Waals surface area contributed by atoms with Gasteiger partial charge in [-0.15, -0.1) is 0 Å². The average Bonchev–Trinajstić information content (AvgIpc) is 3.28. The molecule has 3 fully saturated rings. The van der Waals surface area contributed by atoms with Gasteiger partial charge >= 0.3 is 6.18 Å². The lowest BCUT2D eigenvalue weighted by atomic mass is 9.92. The number of nitrogens with zero attached hydrogens (tertiary/aromatic N) is 3. The average molecular weight is 448 g/mol. The molecule has 3 saturated heterocycles. The third-order valence-corrected chi connectivity index (χ3v) is 6.37. The Morgan fingerprint density at radius 3 is 2.47 bits per heavy atom. The van der Waals surface area contributed by atoms with E-state index in [4.69, 9.17) is 21.1 Å². The Kier molecular flexibility index (Phi) is 6.41. The number of hydrogen-bond donors (Lipinski definition) is 0. The molecule has 6 nitrogen and oxygen atoms in total. The van der Waals surface area contributed by atoms with Gasteiger partial charge in [0.1, 0.15) is 5.82 Å². The van der Waals surface area contributed by atoms with Gasteiger partial charge in [-0.05, 0) is 31.7 Å². The molecule has 1 unspecified atom stereocenters. The largest absolute Gasteiger partial charge is 0.417 e.